The van der Waals surface area contributed by atoms with E-state index in [-0.39, 0.29) is 24.0 Å². The van der Waals surface area contributed by atoms with Gasteiger partial charge in [-0.1, -0.05) is 13.3 Å². The molecule has 2 N–H and O–H groups in total. The molecule has 2 rings (SSSR count). The predicted molar refractivity (Wildman–Crippen MR) is 110 cm³/mol. The van der Waals surface area contributed by atoms with Crippen LogP contribution in [0.5, 0.6) is 0 Å². The molecular formula is C17H33IN6. The number of guanidine groups is 1. The standard InChI is InChI=1S/C17H32N6.HI/c1-3-15-7-9-16(10-8-15)22-17(18-4-2)19-11-5-6-12-23-13-20-21-14-23;/h13-16H,3-12H2,1-2H3,(H2,18,19,22);1H. The molecule has 24 heavy (non-hydrogen) atoms. The number of rotatable bonds is 8. The van der Waals surface area contributed by atoms with Gasteiger partial charge < -0.3 is 15.2 Å². The number of aliphatic imine (C=N–C) groups is 1. The third-order valence-corrected chi connectivity index (χ3v) is 4.67. The molecule has 138 valence electrons. The SMILES string of the molecule is CCNC(=NCCCCn1cnnc1)NC1CCC(CC)CC1.I. The van der Waals surface area contributed by atoms with Gasteiger partial charge in [-0.2, -0.15) is 0 Å². The van der Waals surface area contributed by atoms with E-state index in [1.165, 1.54) is 32.1 Å². The number of aromatic nitrogens is 3. The van der Waals surface area contributed by atoms with Gasteiger partial charge in [0, 0.05) is 25.7 Å². The number of hydrogen-bond acceptors (Lipinski definition) is 3. The maximum absolute atomic E-state index is 4.72. The Labute approximate surface area is 163 Å². The van der Waals surface area contributed by atoms with Gasteiger partial charge in [-0.05, 0) is 51.4 Å². The Bertz CT molecular complexity index is 440. The van der Waals surface area contributed by atoms with Crippen molar-refractivity contribution in [3.8, 4) is 0 Å². The quantitative estimate of drug-likeness (QED) is 0.278. The van der Waals surface area contributed by atoms with E-state index in [1.807, 2.05) is 4.57 Å². The lowest BCUT2D eigenvalue weighted by molar-refractivity contribution is 0.304. The highest BCUT2D eigenvalue weighted by Gasteiger charge is 2.20. The fourth-order valence-corrected chi connectivity index (χ4v) is 3.16. The molecule has 0 amide bonds. The number of halogens is 1. The van der Waals surface area contributed by atoms with Gasteiger partial charge in [0.1, 0.15) is 12.7 Å². The smallest absolute Gasteiger partial charge is 0.191 e. The fourth-order valence-electron chi connectivity index (χ4n) is 3.16. The van der Waals surface area contributed by atoms with Crippen LogP contribution in [-0.4, -0.2) is 39.9 Å². The second-order valence-corrected chi connectivity index (χ2v) is 6.44. The topological polar surface area (TPSA) is 67.1 Å². The van der Waals surface area contributed by atoms with Gasteiger partial charge in [0.25, 0.3) is 0 Å². The first-order chi connectivity index (χ1) is 11.3. The number of hydrogen-bond donors (Lipinski definition) is 2. The van der Waals surface area contributed by atoms with Crippen LogP contribution in [0, 0.1) is 5.92 Å². The molecule has 6 nitrogen and oxygen atoms in total. The van der Waals surface area contributed by atoms with Crippen LogP contribution < -0.4 is 10.6 Å². The van der Waals surface area contributed by atoms with Crippen molar-refractivity contribution in [2.45, 2.75) is 71.4 Å². The molecule has 7 heteroatoms. The first-order valence-corrected chi connectivity index (χ1v) is 9.19. The van der Waals surface area contributed by atoms with Crippen molar-refractivity contribution >= 4 is 29.9 Å². The zero-order chi connectivity index (χ0) is 16.3. The maximum atomic E-state index is 4.72. The highest BCUT2D eigenvalue weighted by Crippen LogP contribution is 2.26. The summed E-state index contributed by atoms with van der Waals surface area (Å²) in [5.74, 6) is 1.92. The van der Waals surface area contributed by atoms with Crippen LogP contribution in [0.25, 0.3) is 0 Å². The molecular weight excluding hydrogens is 415 g/mol. The van der Waals surface area contributed by atoms with Crippen LogP contribution in [0.3, 0.4) is 0 Å². The van der Waals surface area contributed by atoms with E-state index in [9.17, 15) is 0 Å². The lowest BCUT2D eigenvalue weighted by Crippen LogP contribution is -2.44. The minimum absolute atomic E-state index is 0. The van der Waals surface area contributed by atoms with Crippen LogP contribution >= 0.6 is 24.0 Å². The summed E-state index contributed by atoms with van der Waals surface area (Å²) < 4.78 is 2.01. The van der Waals surface area contributed by atoms with Gasteiger partial charge in [-0.15, -0.1) is 34.2 Å². The molecule has 1 saturated carbocycles. The van der Waals surface area contributed by atoms with Crippen molar-refractivity contribution in [1.82, 2.24) is 25.4 Å². The van der Waals surface area contributed by atoms with Crippen LogP contribution in [0.2, 0.25) is 0 Å². The second-order valence-electron chi connectivity index (χ2n) is 6.44. The summed E-state index contributed by atoms with van der Waals surface area (Å²) in [5, 5.41) is 14.6. The lowest BCUT2D eigenvalue weighted by Gasteiger charge is -2.29. The molecule has 1 aromatic heterocycles. The molecule has 0 aliphatic heterocycles. The molecule has 0 unspecified atom stereocenters. The van der Waals surface area contributed by atoms with Crippen molar-refractivity contribution in [1.29, 1.82) is 0 Å². The zero-order valence-electron chi connectivity index (χ0n) is 15.1. The van der Waals surface area contributed by atoms with Crippen LogP contribution in [0.1, 0.15) is 58.8 Å². The summed E-state index contributed by atoms with van der Waals surface area (Å²) in [6.07, 6.45) is 12.3. The largest absolute Gasteiger partial charge is 0.357 e. The van der Waals surface area contributed by atoms with Gasteiger partial charge in [0.15, 0.2) is 5.96 Å². The maximum Gasteiger partial charge on any atom is 0.191 e. The van der Waals surface area contributed by atoms with E-state index < -0.39 is 0 Å². The van der Waals surface area contributed by atoms with E-state index in [1.54, 1.807) is 12.7 Å². The Morgan fingerprint density at radius 2 is 1.83 bits per heavy atom. The number of nitrogens with zero attached hydrogens (tertiary/aromatic N) is 4. The van der Waals surface area contributed by atoms with E-state index in [0.29, 0.717) is 6.04 Å². The summed E-state index contributed by atoms with van der Waals surface area (Å²) in [4.78, 5) is 4.72. The number of nitrogens with one attached hydrogen (secondary N) is 2. The van der Waals surface area contributed by atoms with Gasteiger partial charge in [0.2, 0.25) is 0 Å². The van der Waals surface area contributed by atoms with Crippen LogP contribution in [0.4, 0.5) is 0 Å². The highest BCUT2D eigenvalue weighted by molar-refractivity contribution is 14.0. The van der Waals surface area contributed by atoms with Crippen molar-refractivity contribution in [2.24, 2.45) is 10.9 Å². The summed E-state index contributed by atoms with van der Waals surface area (Å²) in [6, 6.07) is 0.590. The molecule has 1 aromatic rings. The number of unbranched alkanes of at least 4 members (excludes halogenated alkanes) is 1. The molecule has 0 saturated heterocycles. The molecule has 0 spiro atoms. The Hall–Kier alpha value is -0.860. The van der Waals surface area contributed by atoms with Crippen molar-refractivity contribution in [3.63, 3.8) is 0 Å². The Balaban J connectivity index is 0.00000288. The Morgan fingerprint density at radius 3 is 2.46 bits per heavy atom. The summed E-state index contributed by atoms with van der Waals surface area (Å²) >= 11 is 0. The molecule has 1 aliphatic carbocycles. The summed E-state index contributed by atoms with van der Waals surface area (Å²) in [5.41, 5.74) is 0. The Morgan fingerprint density at radius 1 is 1.12 bits per heavy atom. The van der Waals surface area contributed by atoms with Crippen LogP contribution in [-0.2, 0) is 6.54 Å². The van der Waals surface area contributed by atoms with E-state index in [4.69, 9.17) is 4.99 Å². The predicted octanol–water partition coefficient (Wildman–Crippen LogP) is 3.20. The zero-order valence-corrected chi connectivity index (χ0v) is 17.4. The third kappa shape index (κ3) is 7.81. The summed E-state index contributed by atoms with van der Waals surface area (Å²) in [6.45, 7) is 7.17. The van der Waals surface area contributed by atoms with Crippen molar-refractivity contribution in [2.75, 3.05) is 13.1 Å². The minimum atomic E-state index is 0. The normalized spacial score (nSPS) is 21.2. The molecule has 0 atom stereocenters. The second kappa shape index (κ2) is 12.5. The van der Waals surface area contributed by atoms with Crippen molar-refractivity contribution < 1.29 is 0 Å². The monoisotopic (exact) mass is 448 g/mol. The lowest BCUT2D eigenvalue weighted by atomic mass is 9.84. The third-order valence-electron chi connectivity index (χ3n) is 4.67. The van der Waals surface area contributed by atoms with E-state index in [2.05, 4.69) is 34.7 Å². The van der Waals surface area contributed by atoms with Gasteiger partial charge in [0.05, 0.1) is 0 Å². The van der Waals surface area contributed by atoms with Gasteiger partial charge >= 0.3 is 0 Å². The summed E-state index contributed by atoms with van der Waals surface area (Å²) in [7, 11) is 0. The van der Waals surface area contributed by atoms with Gasteiger partial charge in [-0.3, -0.25) is 4.99 Å². The first-order valence-electron chi connectivity index (χ1n) is 9.19. The average Bonchev–Trinajstić information content (AvgIpc) is 3.09. The van der Waals surface area contributed by atoms with E-state index >= 15 is 0 Å². The molecule has 1 heterocycles. The molecule has 0 radical (unpaired) electrons. The molecule has 1 aliphatic rings. The molecule has 1 fully saturated rings. The first kappa shape index (κ1) is 21.2. The Kier molecular flexibility index (Phi) is 11.0. The minimum Gasteiger partial charge on any atom is -0.357 e. The highest BCUT2D eigenvalue weighted by atomic mass is 127. The molecule has 0 aromatic carbocycles. The van der Waals surface area contributed by atoms with Gasteiger partial charge in [-0.25, -0.2) is 0 Å². The molecule has 0 bridgehead atoms. The average molecular weight is 448 g/mol. The van der Waals surface area contributed by atoms with Crippen molar-refractivity contribution in [3.05, 3.63) is 12.7 Å². The fraction of sp³-hybridized carbons (Fsp3) is 0.824. The number of aryl methyl sites for hydroxylation is 1. The van der Waals surface area contributed by atoms with Crippen LogP contribution in [0.15, 0.2) is 17.6 Å². The van der Waals surface area contributed by atoms with E-state index in [0.717, 1.165) is 44.4 Å².